The SMILES string of the molecule is c1ccc(-c2cc3c(ccc4sc5ccc(-c6c7ccccc7c(-c7ccc8ccccc8c7)c7ccccc67)cc5c43)o2)cc1. The zero-order valence-electron chi connectivity index (χ0n) is 24.8. The summed E-state index contributed by atoms with van der Waals surface area (Å²) < 4.78 is 8.96. The molecule has 0 aliphatic carbocycles. The summed E-state index contributed by atoms with van der Waals surface area (Å²) >= 11 is 1.85. The van der Waals surface area contributed by atoms with Gasteiger partial charge in [-0.15, -0.1) is 11.3 Å². The van der Waals surface area contributed by atoms with Crippen molar-refractivity contribution in [2.45, 2.75) is 0 Å². The highest BCUT2D eigenvalue weighted by molar-refractivity contribution is 7.26. The smallest absolute Gasteiger partial charge is 0.135 e. The Hall–Kier alpha value is -5.70. The Bertz CT molecular complexity index is 2740. The molecule has 2 heterocycles. The quantitative estimate of drug-likeness (QED) is 0.183. The van der Waals surface area contributed by atoms with Gasteiger partial charge >= 0.3 is 0 Å². The molecule has 2 heteroatoms. The van der Waals surface area contributed by atoms with Gasteiger partial charge in [-0.2, -0.15) is 0 Å². The van der Waals surface area contributed by atoms with Crippen LogP contribution in [0.4, 0.5) is 0 Å². The molecule has 0 saturated heterocycles. The Morgan fingerprint density at radius 3 is 1.67 bits per heavy atom. The van der Waals surface area contributed by atoms with Crippen LogP contribution in [-0.2, 0) is 0 Å². The molecule has 10 rings (SSSR count). The predicted octanol–water partition coefficient (Wildman–Crippen LogP) is 13.3. The van der Waals surface area contributed by atoms with Crippen molar-refractivity contribution in [3.05, 3.63) is 158 Å². The Morgan fingerprint density at radius 2 is 0.957 bits per heavy atom. The minimum atomic E-state index is 0.903. The van der Waals surface area contributed by atoms with Crippen LogP contribution in [0.5, 0.6) is 0 Å². The van der Waals surface area contributed by atoms with Crippen molar-refractivity contribution in [1.82, 2.24) is 0 Å². The fourth-order valence-corrected chi connectivity index (χ4v) is 8.48. The summed E-state index contributed by atoms with van der Waals surface area (Å²) in [4.78, 5) is 0. The Morgan fingerprint density at radius 1 is 0.370 bits per heavy atom. The molecule has 8 aromatic carbocycles. The maximum absolute atomic E-state index is 6.40. The van der Waals surface area contributed by atoms with Gasteiger partial charge in [-0.05, 0) is 91.0 Å². The molecule has 1 nitrogen and oxygen atoms in total. The second kappa shape index (κ2) is 9.90. The Labute approximate surface area is 269 Å². The standard InChI is InChI=1S/C44H26OS/c1-2-11-28(12-3-1)39-26-36-38(45-39)21-23-41-44(36)37-25-31(20-22-40(37)46-41)43-34-16-8-6-14-32(34)42(33-15-7-9-17-35(33)43)30-19-18-27-10-4-5-13-29(27)24-30/h1-26H. The van der Waals surface area contributed by atoms with Gasteiger partial charge < -0.3 is 4.42 Å². The average Bonchev–Trinajstić information content (AvgIpc) is 3.72. The number of furan rings is 1. The van der Waals surface area contributed by atoms with E-state index in [4.69, 9.17) is 4.42 Å². The number of benzene rings is 8. The van der Waals surface area contributed by atoms with Crippen molar-refractivity contribution in [3.8, 4) is 33.6 Å². The van der Waals surface area contributed by atoms with Crippen molar-refractivity contribution in [2.24, 2.45) is 0 Å². The van der Waals surface area contributed by atoms with E-state index in [-0.39, 0.29) is 0 Å². The molecule has 46 heavy (non-hydrogen) atoms. The molecule has 0 unspecified atom stereocenters. The van der Waals surface area contributed by atoms with Gasteiger partial charge in [-0.3, -0.25) is 0 Å². The van der Waals surface area contributed by atoms with E-state index < -0.39 is 0 Å². The van der Waals surface area contributed by atoms with Gasteiger partial charge in [0.2, 0.25) is 0 Å². The van der Waals surface area contributed by atoms with Crippen LogP contribution in [0.15, 0.2) is 162 Å². The summed E-state index contributed by atoms with van der Waals surface area (Å²) in [5, 5.41) is 11.3. The van der Waals surface area contributed by atoms with E-state index in [1.54, 1.807) is 0 Å². The van der Waals surface area contributed by atoms with Crippen LogP contribution in [0.25, 0.3) is 97.0 Å². The lowest BCUT2D eigenvalue weighted by atomic mass is 9.85. The second-order valence-corrected chi connectivity index (χ2v) is 13.1. The fourth-order valence-electron chi connectivity index (χ4n) is 7.38. The first-order valence-corrected chi connectivity index (χ1v) is 16.5. The third kappa shape index (κ3) is 3.81. The number of hydrogen-bond acceptors (Lipinski definition) is 2. The van der Waals surface area contributed by atoms with Crippen LogP contribution in [0.1, 0.15) is 0 Å². The summed E-state index contributed by atoms with van der Waals surface area (Å²) in [5.74, 6) is 0.903. The van der Waals surface area contributed by atoms with E-state index in [1.807, 2.05) is 17.4 Å². The first-order chi connectivity index (χ1) is 22.8. The lowest BCUT2D eigenvalue weighted by Gasteiger charge is -2.18. The van der Waals surface area contributed by atoms with Gasteiger partial charge in [0.15, 0.2) is 0 Å². The van der Waals surface area contributed by atoms with Crippen LogP contribution in [0, 0.1) is 0 Å². The molecular formula is C44H26OS. The molecule has 0 spiro atoms. The second-order valence-electron chi connectivity index (χ2n) is 12.0. The summed E-state index contributed by atoms with van der Waals surface area (Å²) in [5.41, 5.74) is 7.06. The molecular weight excluding hydrogens is 577 g/mol. The minimum Gasteiger partial charge on any atom is -0.456 e. The minimum absolute atomic E-state index is 0.903. The highest BCUT2D eigenvalue weighted by atomic mass is 32.1. The third-order valence-electron chi connectivity index (χ3n) is 9.45. The first kappa shape index (κ1) is 25.6. The van der Waals surface area contributed by atoms with Crippen molar-refractivity contribution in [1.29, 1.82) is 0 Å². The van der Waals surface area contributed by atoms with E-state index >= 15 is 0 Å². The van der Waals surface area contributed by atoms with Crippen LogP contribution >= 0.6 is 11.3 Å². The predicted molar refractivity (Wildman–Crippen MR) is 198 cm³/mol. The zero-order chi connectivity index (χ0) is 30.2. The molecule has 0 radical (unpaired) electrons. The molecule has 0 aliphatic rings. The number of fused-ring (bicyclic) bond motifs is 8. The van der Waals surface area contributed by atoms with Crippen molar-refractivity contribution >= 4 is 74.8 Å². The van der Waals surface area contributed by atoms with E-state index in [1.165, 1.54) is 80.1 Å². The molecule has 0 atom stereocenters. The van der Waals surface area contributed by atoms with Crippen LogP contribution in [0.3, 0.4) is 0 Å². The van der Waals surface area contributed by atoms with Crippen LogP contribution < -0.4 is 0 Å². The fraction of sp³-hybridized carbons (Fsp3) is 0. The van der Waals surface area contributed by atoms with Gasteiger partial charge in [0, 0.05) is 31.1 Å². The normalized spacial score (nSPS) is 11.9. The number of thiophene rings is 1. The van der Waals surface area contributed by atoms with E-state index in [9.17, 15) is 0 Å². The lowest BCUT2D eigenvalue weighted by molar-refractivity contribution is 0.632. The largest absolute Gasteiger partial charge is 0.456 e. The van der Waals surface area contributed by atoms with Gasteiger partial charge in [0.25, 0.3) is 0 Å². The molecule has 0 fully saturated rings. The number of hydrogen-bond donors (Lipinski definition) is 0. The first-order valence-electron chi connectivity index (χ1n) is 15.7. The maximum atomic E-state index is 6.40. The Balaban J connectivity index is 1.25. The van der Waals surface area contributed by atoms with Crippen molar-refractivity contribution in [3.63, 3.8) is 0 Å². The van der Waals surface area contributed by atoms with Gasteiger partial charge in [0.05, 0.1) is 0 Å². The molecule has 2 aromatic heterocycles. The molecule has 0 amide bonds. The highest BCUT2D eigenvalue weighted by Crippen LogP contribution is 2.47. The molecule has 0 aliphatic heterocycles. The highest BCUT2D eigenvalue weighted by Gasteiger charge is 2.19. The monoisotopic (exact) mass is 602 g/mol. The molecule has 0 saturated carbocycles. The molecule has 214 valence electrons. The summed E-state index contributed by atoms with van der Waals surface area (Å²) in [6, 6.07) is 57.3. The molecule has 0 bridgehead atoms. The topological polar surface area (TPSA) is 13.1 Å². The lowest BCUT2D eigenvalue weighted by Crippen LogP contribution is -1.91. The maximum Gasteiger partial charge on any atom is 0.135 e. The summed E-state index contributed by atoms with van der Waals surface area (Å²) in [6.07, 6.45) is 0. The van der Waals surface area contributed by atoms with Crippen molar-refractivity contribution in [2.75, 3.05) is 0 Å². The Kier molecular flexibility index (Phi) is 5.51. The number of rotatable bonds is 3. The molecule has 0 N–H and O–H groups in total. The van der Waals surface area contributed by atoms with Gasteiger partial charge in [-0.1, -0.05) is 121 Å². The van der Waals surface area contributed by atoms with Crippen LogP contribution in [0.2, 0.25) is 0 Å². The van der Waals surface area contributed by atoms with Gasteiger partial charge in [0.1, 0.15) is 11.3 Å². The average molecular weight is 603 g/mol. The summed E-state index contributed by atoms with van der Waals surface area (Å²) in [7, 11) is 0. The van der Waals surface area contributed by atoms with E-state index in [0.717, 1.165) is 16.9 Å². The van der Waals surface area contributed by atoms with Crippen molar-refractivity contribution < 1.29 is 4.42 Å². The molecule has 10 aromatic rings. The summed E-state index contributed by atoms with van der Waals surface area (Å²) in [6.45, 7) is 0. The third-order valence-corrected chi connectivity index (χ3v) is 10.6. The van der Waals surface area contributed by atoms with E-state index in [0.29, 0.717) is 0 Å². The van der Waals surface area contributed by atoms with Crippen LogP contribution in [-0.4, -0.2) is 0 Å². The van der Waals surface area contributed by atoms with Gasteiger partial charge in [-0.25, -0.2) is 0 Å². The zero-order valence-corrected chi connectivity index (χ0v) is 25.6. The van der Waals surface area contributed by atoms with E-state index in [2.05, 4.69) is 152 Å².